The molecule has 1 fully saturated rings. The number of hydrogen-bond acceptors (Lipinski definition) is 5. The normalized spacial score (nSPS) is 17.6. The lowest BCUT2D eigenvalue weighted by Crippen LogP contribution is -2.50. The Kier molecular flexibility index (Phi) is 5.64. The molecule has 2 aliphatic heterocycles. The van der Waals surface area contributed by atoms with Crippen LogP contribution in [0, 0.1) is 0 Å². The molecule has 0 saturated carbocycles. The lowest BCUT2D eigenvalue weighted by molar-refractivity contribution is 0.183. The van der Waals surface area contributed by atoms with Crippen molar-refractivity contribution >= 4 is 11.8 Å². The average molecular weight is 409 g/mol. The molecule has 30 heavy (non-hydrogen) atoms. The van der Waals surface area contributed by atoms with Gasteiger partial charge >= 0.3 is 6.03 Å². The van der Waals surface area contributed by atoms with Gasteiger partial charge in [0.1, 0.15) is 5.82 Å². The molecule has 2 amide bonds. The van der Waals surface area contributed by atoms with Gasteiger partial charge < -0.3 is 20.0 Å². The van der Waals surface area contributed by atoms with Gasteiger partial charge in [-0.05, 0) is 27.8 Å². The van der Waals surface area contributed by atoms with Crippen molar-refractivity contribution in [1.82, 2.24) is 25.1 Å². The quantitative estimate of drug-likeness (QED) is 0.828. The number of fused-ring (bicyclic) bond motifs is 1. The molecule has 0 aliphatic carbocycles. The molecular weight excluding hydrogens is 376 g/mol. The van der Waals surface area contributed by atoms with Crippen LogP contribution in [0.3, 0.4) is 0 Å². The Morgan fingerprint density at radius 1 is 1.00 bits per heavy atom. The van der Waals surface area contributed by atoms with E-state index in [4.69, 9.17) is 9.97 Å². The van der Waals surface area contributed by atoms with E-state index in [9.17, 15) is 4.79 Å². The van der Waals surface area contributed by atoms with Gasteiger partial charge in [-0.2, -0.15) is 0 Å². The van der Waals surface area contributed by atoms with Gasteiger partial charge in [-0.3, -0.25) is 0 Å². The second-order valence-electron chi connectivity index (χ2n) is 9.30. The Hall–Kier alpha value is -2.67. The predicted molar refractivity (Wildman–Crippen MR) is 120 cm³/mol. The highest BCUT2D eigenvalue weighted by Crippen LogP contribution is 2.30. The summed E-state index contributed by atoms with van der Waals surface area (Å²) in [7, 11) is 2.15. The van der Waals surface area contributed by atoms with Gasteiger partial charge in [0.05, 0.1) is 12.2 Å². The number of amides is 2. The zero-order chi connectivity index (χ0) is 21.3. The first kappa shape index (κ1) is 20.6. The van der Waals surface area contributed by atoms with E-state index in [1.54, 1.807) is 0 Å². The SMILES string of the molecule is CN1CCN(c2nc(-c3ccccc3)nc3c2CN(C(=O)NC(C)(C)C)CC3)CC1. The number of nitrogens with one attached hydrogen (secondary N) is 1. The van der Waals surface area contributed by atoms with Crippen molar-refractivity contribution in [2.45, 2.75) is 39.3 Å². The van der Waals surface area contributed by atoms with Gasteiger partial charge in [0, 0.05) is 55.8 Å². The number of piperazine rings is 1. The van der Waals surface area contributed by atoms with Crippen LogP contribution >= 0.6 is 0 Å². The maximum Gasteiger partial charge on any atom is 0.318 e. The van der Waals surface area contributed by atoms with Crippen LogP contribution in [0.2, 0.25) is 0 Å². The zero-order valence-electron chi connectivity index (χ0n) is 18.5. The van der Waals surface area contributed by atoms with Crippen LogP contribution in [0.5, 0.6) is 0 Å². The molecule has 2 aliphatic rings. The summed E-state index contributed by atoms with van der Waals surface area (Å²) >= 11 is 0. The predicted octanol–water partition coefficient (Wildman–Crippen LogP) is 2.76. The van der Waals surface area contributed by atoms with Crippen molar-refractivity contribution in [3.8, 4) is 11.4 Å². The maximum atomic E-state index is 12.8. The van der Waals surface area contributed by atoms with Crippen LogP contribution < -0.4 is 10.2 Å². The third kappa shape index (κ3) is 4.56. The Bertz CT molecular complexity index is 900. The number of rotatable bonds is 2. The summed E-state index contributed by atoms with van der Waals surface area (Å²) in [5.74, 6) is 1.76. The van der Waals surface area contributed by atoms with Gasteiger partial charge in [0.2, 0.25) is 0 Å². The molecule has 0 bridgehead atoms. The van der Waals surface area contributed by atoms with E-state index >= 15 is 0 Å². The average Bonchev–Trinajstić information content (AvgIpc) is 2.72. The van der Waals surface area contributed by atoms with Gasteiger partial charge in [0.15, 0.2) is 5.82 Å². The number of anilines is 1. The number of carbonyl (C=O) groups excluding carboxylic acids is 1. The molecule has 4 rings (SSSR count). The summed E-state index contributed by atoms with van der Waals surface area (Å²) in [6.07, 6.45) is 0.746. The monoisotopic (exact) mass is 408 g/mol. The van der Waals surface area contributed by atoms with Crippen LogP contribution in [-0.4, -0.2) is 71.1 Å². The van der Waals surface area contributed by atoms with Crippen LogP contribution in [0.1, 0.15) is 32.0 Å². The number of benzene rings is 1. The Morgan fingerprint density at radius 3 is 2.37 bits per heavy atom. The summed E-state index contributed by atoms with van der Waals surface area (Å²) in [4.78, 5) is 29.3. The van der Waals surface area contributed by atoms with E-state index in [1.807, 2.05) is 43.9 Å². The molecule has 1 aromatic carbocycles. The van der Waals surface area contributed by atoms with Crippen LogP contribution in [0.15, 0.2) is 30.3 Å². The fourth-order valence-electron chi connectivity index (χ4n) is 3.97. The van der Waals surface area contributed by atoms with E-state index in [0.717, 1.165) is 61.1 Å². The van der Waals surface area contributed by atoms with E-state index in [2.05, 4.69) is 34.3 Å². The highest BCUT2D eigenvalue weighted by atomic mass is 16.2. The minimum Gasteiger partial charge on any atom is -0.354 e. The largest absolute Gasteiger partial charge is 0.354 e. The maximum absolute atomic E-state index is 12.8. The molecule has 7 nitrogen and oxygen atoms in total. The first-order chi connectivity index (χ1) is 14.3. The second-order valence-corrected chi connectivity index (χ2v) is 9.30. The summed E-state index contributed by atoms with van der Waals surface area (Å²) < 4.78 is 0. The summed E-state index contributed by atoms with van der Waals surface area (Å²) in [6.45, 7) is 11.1. The molecule has 0 unspecified atom stereocenters. The third-order valence-electron chi connectivity index (χ3n) is 5.64. The fourth-order valence-corrected chi connectivity index (χ4v) is 3.97. The standard InChI is InChI=1S/C23H32N6O/c1-23(2,3)26-22(30)29-11-10-19-18(16-29)21(28-14-12-27(4)13-15-28)25-20(24-19)17-8-6-5-7-9-17/h5-9H,10-16H2,1-4H3,(H,26,30). The third-order valence-corrected chi connectivity index (χ3v) is 5.64. The Labute approximate surface area is 179 Å². The van der Waals surface area contributed by atoms with E-state index < -0.39 is 0 Å². The van der Waals surface area contributed by atoms with Gasteiger partial charge in [-0.25, -0.2) is 14.8 Å². The van der Waals surface area contributed by atoms with Gasteiger partial charge in [-0.15, -0.1) is 0 Å². The molecule has 7 heteroatoms. The van der Waals surface area contributed by atoms with Crippen LogP contribution in [0.25, 0.3) is 11.4 Å². The van der Waals surface area contributed by atoms with E-state index in [1.165, 1.54) is 0 Å². The van der Waals surface area contributed by atoms with Crippen LogP contribution in [0.4, 0.5) is 10.6 Å². The number of hydrogen-bond donors (Lipinski definition) is 1. The number of carbonyl (C=O) groups is 1. The number of aromatic nitrogens is 2. The molecule has 0 atom stereocenters. The molecule has 1 aromatic heterocycles. The number of likely N-dealkylation sites (N-methyl/N-ethyl adjacent to an activating group) is 1. The minimum atomic E-state index is -0.259. The molecule has 1 N–H and O–H groups in total. The van der Waals surface area contributed by atoms with Crippen molar-refractivity contribution in [2.75, 3.05) is 44.7 Å². The highest BCUT2D eigenvalue weighted by molar-refractivity contribution is 5.76. The minimum absolute atomic E-state index is 0.0235. The molecule has 1 saturated heterocycles. The van der Waals surface area contributed by atoms with Crippen molar-refractivity contribution < 1.29 is 4.79 Å². The summed E-state index contributed by atoms with van der Waals surface area (Å²) in [6, 6.07) is 10.1. The highest BCUT2D eigenvalue weighted by Gasteiger charge is 2.30. The Balaban J connectivity index is 1.69. The smallest absolute Gasteiger partial charge is 0.318 e. The topological polar surface area (TPSA) is 64.6 Å². The fraction of sp³-hybridized carbons (Fsp3) is 0.522. The molecule has 0 radical (unpaired) electrons. The first-order valence-electron chi connectivity index (χ1n) is 10.8. The van der Waals surface area contributed by atoms with Crippen molar-refractivity contribution in [2.24, 2.45) is 0 Å². The molecule has 160 valence electrons. The van der Waals surface area contributed by atoms with Crippen molar-refractivity contribution in [3.05, 3.63) is 41.6 Å². The first-order valence-corrected chi connectivity index (χ1v) is 10.8. The molecule has 3 heterocycles. The number of nitrogens with zero attached hydrogens (tertiary/aromatic N) is 5. The van der Waals surface area contributed by atoms with Crippen molar-refractivity contribution in [3.63, 3.8) is 0 Å². The second kappa shape index (κ2) is 8.22. The molecule has 0 spiro atoms. The summed E-state index contributed by atoms with van der Waals surface area (Å²) in [5, 5.41) is 3.09. The lowest BCUT2D eigenvalue weighted by atomic mass is 10.0. The van der Waals surface area contributed by atoms with E-state index in [0.29, 0.717) is 13.1 Å². The number of urea groups is 1. The molecule has 2 aromatic rings. The summed E-state index contributed by atoms with van der Waals surface area (Å²) in [5.41, 5.74) is 2.93. The Morgan fingerprint density at radius 2 is 1.70 bits per heavy atom. The van der Waals surface area contributed by atoms with Crippen molar-refractivity contribution in [1.29, 1.82) is 0 Å². The van der Waals surface area contributed by atoms with E-state index in [-0.39, 0.29) is 11.6 Å². The van der Waals surface area contributed by atoms with Gasteiger partial charge in [-0.1, -0.05) is 30.3 Å². The lowest BCUT2D eigenvalue weighted by Gasteiger charge is -2.37. The molecular formula is C23H32N6O. The zero-order valence-corrected chi connectivity index (χ0v) is 18.5. The van der Waals surface area contributed by atoms with Crippen LogP contribution in [-0.2, 0) is 13.0 Å². The van der Waals surface area contributed by atoms with Gasteiger partial charge in [0.25, 0.3) is 0 Å².